The van der Waals surface area contributed by atoms with Gasteiger partial charge in [-0.1, -0.05) is 28.1 Å². The molecule has 0 bridgehead atoms. The van der Waals surface area contributed by atoms with E-state index < -0.39 is 6.10 Å². The smallest absolute Gasteiger partial charge is 0.227 e. The molecule has 1 aliphatic heterocycles. The van der Waals surface area contributed by atoms with Crippen molar-refractivity contribution in [2.24, 2.45) is 0 Å². The summed E-state index contributed by atoms with van der Waals surface area (Å²) in [6.45, 7) is 2.54. The van der Waals surface area contributed by atoms with Crippen LogP contribution in [-0.2, 0) is 11.2 Å². The Morgan fingerprint density at radius 2 is 2.11 bits per heavy atom. The minimum atomic E-state index is -0.450. The zero-order valence-corrected chi connectivity index (χ0v) is 12.8. The highest BCUT2D eigenvalue weighted by Gasteiger charge is 2.29. The number of carbonyl (C=O) groups excluding carboxylic acids is 1. The van der Waals surface area contributed by atoms with Crippen molar-refractivity contribution in [2.45, 2.75) is 44.8 Å². The van der Waals surface area contributed by atoms with Crippen molar-refractivity contribution < 1.29 is 9.90 Å². The van der Waals surface area contributed by atoms with Crippen LogP contribution in [0.2, 0.25) is 0 Å². The summed E-state index contributed by atoms with van der Waals surface area (Å²) < 4.78 is 1.02. The van der Waals surface area contributed by atoms with Gasteiger partial charge >= 0.3 is 0 Å². The number of halogens is 1. The van der Waals surface area contributed by atoms with E-state index in [-0.39, 0.29) is 11.9 Å². The quantitative estimate of drug-likeness (QED) is 0.928. The van der Waals surface area contributed by atoms with Gasteiger partial charge in [-0.2, -0.15) is 0 Å². The first-order valence-electron chi connectivity index (χ1n) is 6.80. The van der Waals surface area contributed by atoms with Gasteiger partial charge in [-0.3, -0.25) is 4.79 Å². The van der Waals surface area contributed by atoms with E-state index in [0.29, 0.717) is 6.42 Å². The fourth-order valence-corrected chi connectivity index (χ4v) is 2.91. The SMILES string of the molecule is CC(O)C1CCCCN1C(=O)Cc1ccc(Br)cc1. The van der Waals surface area contributed by atoms with Crippen LogP contribution in [0.1, 0.15) is 31.7 Å². The summed E-state index contributed by atoms with van der Waals surface area (Å²) >= 11 is 3.39. The number of nitrogens with zero attached hydrogens (tertiary/aromatic N) is 1. The van der Waals surface area contributed by atoms with E-state index in [1.807, 2.05) is 29.2 Å². The van der Waals surface area contributed by atoms with E-state index in [1.165, 1.54) is 0 Å². The molecular formula is C15H20BrNO2. The molecule has 2 atom stereocenters. The van der Waals surface area contributed by atoms with Crippen LogP contribution in [-0.4, -0.2) is 34.6 Å². The van der Waals surface area contributed by atoms with Crippen molar-refractivity contribution in [1.29, 1.82) is 0 Å². The molecule has 0 saturated carbocycles. The van der Waals surface area contributed by atoms with Crippen molar-refractivity contribution in [3.8, 4) is 0 Å². The van der Waals surface area contributed by atoms with Gasteiger partial charge in [0.1, 0.15) is 0 Å². The number of amides is 1. The van der Waals surface area contributed by atoms with Crippen LogP contribution in [0.5, 0.6) is 0 Å². The minimum absolute atomic E-state index is 0.0169. The van der Waals surface area contributed by atoms with Crippen molar-refractivity contribution in [3.63, 3.8) is 0 Å². The van der Waals surface area contributed by atoms with Crippen molar-refractivity contribution >= 4 is 21.8 Å². The molecule has 3 nitrogen and oxygen atoms in total. The fourth-order valence-electron chi connectivity index (χ4n) is 2.65. The van der Waals surface area contributed by atoms with Gasteiger partial charge < -0.3 is 10.0 Å². The zero-order valence-electron chi connectivity index (χ0n) is 11.2. The first kappa shape index (κ1) is 14.5. The van der Waals surface area contributed by atoms with Crippen molar-refractivity contribution in [2.75, 3.05) is 6.54 Å². The minimum Gasteiger partial charge on any atom is -0.391 e. The van der Waals surface area contributed by atoms with Gasteiger partial charge in [-0.15, -0.1) is 0 Å². The molecule has 104 valence electrons. The zero-order chi connectivity index (χ0) is 13.8. The van der Waals surface area contributed by atoms with E-state index in [0.717, 1.165) is 35.8 Å². The predicted molar refractivity (Wildman–Crippen MR) is 78.9 cm³/mol. The Balaban J connectivity index is 2.03. The highest BCUT2D eigenvalue weighted by molar-refractivity contribution is 9.10. The molecule has 1 aromatic carbocycles. The van der Waals surface area contributed by atoms with Crippen LogP contribution in [0.4, 0.5) is 0 Å². The number of hydrogen-bond donors (Lipinski definition) is 1. The summed E-state index contributed by atoms with van der Waals surface area (Å²) in [5.41, 5.74) is 1.02. The Hall–Kier alpha value is -0.870. The van der Waals surface area contributed by atoms with Crippen LogP contribution in [0.15, 0.2) is 28.7 Å². The van der Waals surface area contributed by atoms with Gasteiger partial charge in [0, 0.05) is 11.0 Å². The monoisotopic (exact) mass is 325 g/mol. The Morgan fingerprint density at radius 3 is 2.74 bits per heavy atom. The molecule has 1 fully saturated rings. The average Bonchev–Trinajstić information content (AvgIpc) is 2.41. The second-order valence-electron chi connectivity index (χ2n) is 5.19. The summed E-state index contributed by atoms with van der Waals surface area (Å²) in [6.07, 6.45) is 3.00. The number of aliphatic hydroxyl groups is 1. The second-order valence-corrected chi connectivity index (χ2v) is 6.11. The number of likely N-dealkylation sites (tertiary alicyclic amines) is 1. The van der Waals surface area contributed by atoms with E-state index in [9.17, 15) is 9.90 Å². The van der Waals surface area contributed by atoms with Gasteiger partial charge in [0.2, 0.25) is 5.91 Å². The molecule has 4 heteroatoms. The molecule has 1 saturated heterocycles. The Labute approximate surface area is 122 Å². The third kappa shape index (κ3) is 3.80. The molecule has 19 heavy (non-hydrogen) atoms. The molecule has 1 N–H and O–H groups in total. The summed E-state index contributed by atoms with van der Waals surface area (Å²) in [7, 11) is 0. The number of piperidine rings is 1. The van der Waals surface area contributed by atoms with Crippen LogP contribution >= 0.6 is 15.9 Å². The highest BCUT2D eigenvalue weighted by atomic mass is 79.9. The molecule has 2 rings (SSSR count). The first-order chi connectivity index (χ1) is 9.08. The van der Waals surface area contributed by atoms with Crippen molar-refractivity contribution in [1.82, 2.24) is 4.90 Å². The lowest BCUT2D eigenvalue weighted by molar-refractivity contribution is -0.136. The third-order valence-electron chi connectivity index (χ3n) is 3.70. The molecule has 1 aliphatic rings. The van der Waals surface area contributed by atoms with Crippen LogP contribution < -0.4 is 0 Å². The molecule has 2 unspecified atom stereocenters. The lowest BCUT2D eigenvalue weighted by Gasteiger charge is -2.37. The largest absolute Gasteiger partial charge is 0.391 e. The summed E-state index contributed by atoms with van der Waals surface area (Å²) in [4.78, 5) is 14.2. The molecule has 1 amide bonds. The number of rotatable bonds is 3. The molecule has 0 radical (unpaired) electrons. The van der Waals surface area contributed by atoms with E-state index >= 15 is 0 Å². The third-order valence-corrected chi connectivity index (χ3v) is 4.22. The van der Waals surface area contributed by atoms with Gasteiger partial charge in [0.15, 0.2) is 0 Å². The molecular weight excluding hydrogens is 306 g/mol. The molecule has 0 aliphatic carbocycles. The predicted octanol–water partition coefficient (Wildman–Crippen LogP) is 2.75. The maximum Gasteiger partial charge on any atom is 0.227 e. The van der Waals surface area contributed by atoms with Gasteiger partial charge in [-0.05, 0) is 43.9 Å². The normalized spacial score (nSPS) is 21.2. The molecule has 1 heterocycles. The van der Waals surface area contributed by atoms with Crippen LogP contribution in [0, 0.1) is 0 Å². The van der Waals surface area contributed by atoms with E-state index in [1.54, 1.807) is 6.92 Å². The average molecular weight is 326 g/mol. The Morgan fingerprint density at radius 1 is 1.42 bits per heavy atom. The number of benzene rings is 1. The fraction of sp³-hybridized carbons (Fsp3) is 0.533. The maximum atomic E-state index is 12.4. The van der Waals surface area contributed by atoms with Gasteiger partial charge in [0.25, 0.3) is 0 Å². The van der Waals surface area contributed by atoms with Crippen molar-refractivity contribution in [3.05, 3.63) is 34.3 Å². The molecule has 1 aromatic rings. The summed E-state index contributed by atoms with van der Waals surface area (Å²) in [5, 5.41) is 9.80. The van der Waals surface area contributed by atoms with Gasteiger partial charge in [0.05, 0.1) is 18.6 Å². The van der Waals surface area contributed by atoms with E-state index in [2.05, 4.69) is 15.9 Å². The van der Waals surface area contributed by atoms with Gasteiger partial charge in [-0.25, -0.2) is 0 Å². The van der Waals surface area contributed by atoms with Crippen LogP contribution in [0.3, 0.4) is 0 Å². The lowest BCUT2D eigenvalue weighted by Crippen LogP contribution is -2.49. The Kier molecular flexibility index (Phi) is 4.99. The summed E-state index contributed by atoms with van der Waals surface area (Å²) in [5.74, 6) is 0.118. The van der Waals surface area contributed by atoms with Crippen LogP contribution in [0.25, 0.3) is 0 Å². The first-order valence-corrected chi connectivity index (χ1v) is 7.59. The van der Waals surface area contributed by atoms with E-state index in [4.69, 9.17) is 0 Å². The standard InChI is InChI=1S/C15H20BrNO2/c1-11(18)14-4-2-3-9-17(14)15(19)10-12-5-7-13(16)8-6-12/h5-8,11,14,18H,2-4,9-10H2,1H3. The maximum absolute atomic E-state index is 12.4. The number of carbonyl (C=O) groups is 1. The summed E-state index contributed by atoms with van der Waals surface area (Å²) in [6, 6.07) is 7.81. The highest BCUT2D eigenvalue weighted by Crippen LogP contribution is 2.21. The Bertz CT molecular complexity index is 430. The number of hydrogen-bond acceptors (Lipinski definition) is 2. The molecule has 0 aromatic heterocycles. The topological polar surface area (TPSA) is 40.5 Å². The second kappa shape index (κ2) is 6.53. The molecule has 0 spiro atoms. The lowest BCUT2D eigenvalue weighted by atomic mass is 9.97. The number of aliphatic hydroxyl groups excluding tert-OH is 1.